The van der Waals surface area contributed by atoms with Gasteiger partial charge in [0.2, 0.25) is 0 Å². The van der Waals surface area contributed by atoms with E-state index in [1.54, 1.807) is 11.3 Å². The Morgan fingerprint density at radius 2 is 2.05 bits per heavy atom. The molecule has 19 heavy (non-hydrogen) atoms. The molecule has 2 aromatic rings. The summed E-state index contributed by atoms with van der Waals surface area (Å²) in [5.74, 6) is -1.01. The van der Waals surface area contributed by atoms with E-state index < -0.39 is 11.6 Å². The summed E-state index contributed by atoms with van der Waals surface area (Å²) in [6, 6.07) is 6.75. The Morgan fingerprint density at radius 1 is 1.26 bits per heavy atom. The molecule has 0 unspecified atom stereocenters. The zero-order chi connectivity index (χ0) is 13.8. The van der Waals surface area contributed by atoms with Crippen LogP contribution in [0, 0.1) is 11.6 Å². The molecule has 1 nitrogen and oxygen atoms in total. The summed E-state index contributed by atoms with van der Waals surface area (Å²) < 4.78 is 27.7. The zero-order valence-corrected chi connectivity index (χ0v) is 12.9. The number of likely N-dealkylation sites (N-methyl/N-ethyl adjacent to an activating group) is 1. The Kier molecular flexibility index (Phi) is 5.07. The number of thiophene rings is 1. The molecule has 0 saturated heterocycles. The molecule has 0 aliphatic heterocycles. The van der Waals surface area contributed by atoms with Gasteiger partial charge >= 0.3 is 0 Å². The Morgan fingerprint density at radius 3 is 2.74 bits per heavy atom. The number of nitrogens with zero attached hydrogens (tertiary/aromatic N) is 1. The standard InChI is InChI=1S/C14H14BrF2NS/c1-18(7-6-10-3-2-8-19-10)9-11-13(16)5-4-12(15)14(11)17/h2-5,8H,6-7,9H2,1H3. The van der Waals surface area contributed by atoms with Crippen molar-refractivity contribution in [1.29, 1.82) is 0 Å². The molecule has 0 spiro atoms. The quantitative estimate of drug-likeness (QED) is 0.723. The van der Waals surface area contributed by atoms with Gasteiger partial charge < -0.3 is 4.90 Å². The summed E-state index contributed by atoms with van der Waals surface area (Å²) in [5, 5.41) is 2.03. The molecule has 0 fully saturated rings. The largest absolute Gasteiger partial charge is 0.302 e. The summed E-state index contributed by atoms with van der Waals surface area (Å²) in [6.07, 6.45) is 0.894. The lowest BCUT2D eigenvalue weighted by molar-refractivity contribution is 0.319. The average Bonchev–Trinajstić information content (AvgIpc) is 2.90. The van der Waals surface area contributed by atoms with Gasteiger partial charge in [0.1, 0.15) is 11.6 Å². The fourth-order valence-electron chi connectivity index (χ4n) is 1.82. The van der Waals surface area contributed by atoms with Crippen LogP contribution in [-0.4, -0.2) is 18.5 Å². The third-order valence-corrected chi connectivity index (χ3v) is 4.44. The predicted octanol–water partition coefficient (Wildman–Crippen LogP) is 4.46. The minimum atomic E-state index is -0.511. The van der Waals surface area contributed by atoms with Crippen molar-refractivity contribution in [2.45, 2.75) is 13.0 Å². The van der Waals surface area contributed by atoms with E-state index in [4.69, 9.17) is 0 Å². The SMILES string of the molecule is CN(CCc1cccs1)Cc1c(F)ccc(Br)c1F. The molecule has 0 bridgehead atoms. The van der Waals surface area contributed by atoms with E-state index in [9.17, 15) is 8.78 Å². The van der Waals surface area contributed by atoms with Gasteiger partial charge in [-0.2, -0.15) is 0 Å². The molecule has 0 N–H and O–H groups in total. The van der Waals surface area contributed by atoms with Crippen LogP contribution >= 0.6 is 27.3 Å². The van der Waals surface area contributed by atoms with Crippen LogP contribution in [0.15, 0.2) is 34.1 Å². The summed E-state index contributed by atoms with van der Waals surface area (Å²) in [5.41, 5.74) is 0.114. The second-order valence-corrected chi connectivity index (χ2v) is 6.28. The first kappa shape index (κ1) is 14.6. The average molecular weight is 346 g/mol. The maximum absolute atomic E-state index is 13.8. The molecule has 0 aliphatic rings. The lowest BCUT2D eigenvalue weighted by Crippen LogP contribution is -2.22. The van der Waals surface area contributed by atoms with Crippen molar-refractivity contribution in [3.05, 3.63) is 56.2 Å². The minimum Gasteiger partial charge on any atom is -0.302 e. The number of hydrogen-bond acceptors (Lipinski definition) is 2. The first-order chi connectivity index (χ1) is 9.08. The highest BCUT2D eigenvalue weighted by molar-refractivity contribution is 9.10. The van der Waals surface area contributed by atoms with E-state index in [1.807, 2.05) is 23.4 Å². The van der Waals surface area contributed by atoms with Crippen LogP contribution in [0.1, 0.15) is 10.4 Å². The lowest BCUT2D eigenvalue weighted by atomic mass is 10.2. The van der Waals surface area contributed by atoms with Gasteiger partial charge in [-0.3, -0.25) is 0 Å². The third-order valence-electron chi connectivity index (χ3n) is 2.89. The van der Waals surface area contributed by atoms with Gasteiger partial charge in [0.25, 0.3) is 0 Å². The highest BCUT2D eigenvalue weighted by Crippen LogP contribution is 2.22. The maximum atomic E-state index is 13.8. The summed E-state index contributed by atoms with van der Waals surface area (Å²) in [4.78, 5) is 3.20. The van der Waals surface area contributed by atoms with Gasteiger partial charge in [-0.1, -0.05) is 6.07 Å². The number of hydrogen-bond donors (Lipinski definition) is 0. The van der Waals surface area contributed by atoms with Crippen LogP contribution < -0.4 is 0 Å². The summed E-state index contributed by atoms with van der Waals surface area (Å²) in [7, 11) is 1.87. The van der Waals surface area contributed by atoms with Crippen LogP contribution in [0.4, 0.5) is 8.78 Å². The molecule has 1 aromatic heterocycles. The van der Waals surface area contributed by atoms with Gasteiger partial charge in [-0.15, -0.1) is 11.3 Å². The van der Waals surface area contributed by atoms with Crippen molar-refractivity contribution in [1.82, 2.24) is 4.90 Å². The monoisotopic (exact) mass is 345 g/mol. The van der Waals surface area contributed by atoms with Gasteiger partial charge in [0.15, 0.2) is 0 Å². The molecule has 5 heteroatoms. The molecule has 0 saturated carbocycles. The molecule has 0 aliphatic carbocycles. The summed E-state index contributed by atoms with van der Waals surface area (Å²) >= 11 is 4.78. The van der Waals surface area contributed by atoms with E-state index in [0.29, 0.717) is 4.47 Å². The van der Waals surface area contributed by atoms with Gasteiger partial charge in [-0.25, -0.2) is 8.78 Å². The number of halogens is 3. The summed E-state index contributed by atoms with van der Waals surface area (Å²) in [6.45, 7) is 1.04. The van der Waals surface area contributed by atoms with Gasteiger partial charge in [0.05, 0.1) is 4.47 Å². The predicted molar refractivity (Wildman–Crippen MR) is 78.4 cm³/mol. The van der Waals surface area contributed by atoms with Crippen molar-refractivity contribution in [2.75, 3.05) is 13.6 Å². The Balaban J connectivity index is 1.99. The van der Waals surface area contributed by atoms with E-state index in [-0.39, 0.29) is 12.1 Å². The number of rotatable bonds is 5. The molecular weight excluding hydrogens is 332 g/mol. The van der Waals surface area contributed by atoms with E-state index >= 15 is 0 Å². The molecule has 1 aromatic carbocycles. The van der Waals surface area contributed by atoms with Crippen LogP contribution in [0.3, 0.4) is 0 Å². The molecular formula is C14H14BrF2NS. The molecule has 0 amide bonds. The van der Waals surface area contributed by atoms with Crippen molar-refractivity contribution >= 4 is 27.3 Å². The fraction of sp³-hybridized carbons (Fsp3) is 0.286. The maximum Gasteiger partial charge on any atom is 0.144 e. The van der Waals surface area contributed by atoms with Crippen LogP contribution in [0.5, 0.6) is 0 Å². The molecule has 0 atom stereocenters. The van der Waals surface area contributed by atoms with Crippen LogP contribution in [0.2, 0.25) is 0 Å². The first-order valence-corrected chi connectivity index (χ1v) is 7.58. The van der Waals surface area contributed by atoms with E-state index in [2.05, 4.69) is 22.0 Å². The Hall–Kier alpha value is -0.780. The van der Waals surface area contributed by atoms with Crippen molar-refractivity contribution in [2.24, 2.45) is 0 Å². The highest BCUT2D eigenvalue weighted by atomic mass is 79.9. The molecule has 0 radical (unpaired) electrons. The van der Waals surface area contributed by atoms with Crippen molar-refractivity contribution in [3.63, 3.8) is 0 Å². The zero-order valence-electron chi connectivity index (χ0n) is 10.5. The Labute approximate surface area is 124 Å². The smallest absolute Gasteiger partial charge is 0.144 e. The van der Waals surface area contributed by atoms with E-state index in [1.165, 1.54) is 17.0 Å². The second kappa shape index (κ2) is 6.59. The lowest BCUT2D eigenvalue weighted by Gasteiger charge is -2.17. The number of benzene rings is 1. The highest BCUT2D eigenvalue weighted by Gasteiger charge is 2.14. The van der Waals surface area contributed by atoms with Gasteiger partial charge in [0, 0.05) is 23.5 Å². The van der Waals surface area contributed by atoms with E-state index in [0.717, 1.165) is 13.0 Å². The van der Waals surface area contributed by atoms with Crippen LogP contribution in [-0.2, 0) is 13.0 Å². The van der Waals surface area contributed by atoms with Crippen molar-refractivity contribution < 1.29 is 8.78 Å². The Bertz CT molecular complexity index is 543. The first-order valence-electron chi connectivity index (χ1n) is 5.91. The topological polar surface area (TPSA) is 3.24 Å². The molecule has 2 rings (SSSR count). The van der Waals surface area contributed by atoms with Crippen molar-refractivity contribution in [3.8, 4) is 0 Å². The molecule has 102 valence electrons. The normalized spacial score (nSPS) is 11.2. The third kappa shape index (κ3) is 3.84. The van der Waals surface area contributed by atoms with Gasteiger partial charge in [-0.05, 0) is 53.0 Å². The minimum absolute atomic E-state index is 0.114. The van der Waals surface area contributed by atoms with Crippen LogP contribution in [0.25, 0.3) is 0 Å². The fourth-order valence-corrected chi connectivity index (χ4v) is 2.89. The second-order valence-electron chi connectivity index (χ2n) is 4.39. The molecule has 1 heterocycles.